The number of anilines is 1. The summed E-state index contributed by atoms with van der Waals surface area (Å²) in [5.41, 5.74) is 1.24. The van der Waals surface area contributed by atoms with Gasteiger partial charge in [-0.1, -0.05) is 0 Å². The van der Waals surface area contributed by atoms with E-state index >= 15 is 0 Å². The van der Waals surface area contributed by atoms with Crippen LogP contribution in [-0.2, 0) is 6.42 Å². The summed E-state index contributed by atoms with van der Waals surface area (Å²) >= 11 is 3.35. The van der Waals surface area contributed by atoms with Gasteiger partial charge in [0.05, 0.1) is 0 Å². The zero-order valence-electron chi connectivity index (χ0n) is 8.20. The minimum absolute atomic E-state index is 0.884. The molecular formula is C11H12BrN3. The third-order valence-corrected chi connectivity index (χ3v) is 2.56. The molecule has 0 bridgehead atoms. The Morgan fingerprint density at radius 3 is 2.93 bits per heavy atom. The number of halogens is 1. The lowest BCUT2D eigenvalue weighted by Crippen LogP contribution is -2.06. The zero-order valence-corrected chi connectivity index (χ0v) is 9.79. The van der Waals surface area contributed by atoms with Crippen LogP contribution in [0.3, 0.4) is 0 Å². The van der Waals surface area contributed by atoms with Gasteiger partial charge in [-0.2, -0.15) is 0 Å². The van der Waals surface area contributed by atoms with Crippen molar-refractivity contribution in [1.29, 1.82) is 0 Å². The lowest BCUT2D eigenvalue weighted by Gasteiger charge is -2.04. The predicted molar refractivity (Wildman–Crippen MR) is 64.9 cm³/mol. The first-order valence-corrected chi connectivity index (χ1v) is 5.61. The molecule has 2 N–H and O–H groups in total. The molecule has 2 aromatic rings. The largest absolute Gasteiger partial charge is 0.370 e. The molecule has 0 radical (unpaired) electrons. The number of aromatic nitrogens is 2. The molecule has 0 aliphatic heterocycles. The summed E-state index contributed by atoms with van der Waals surface area (Å²) in [5.74, 6) is 0.907. The van der Waals surface area contributed by atoms with E-state index in [4.69, 9.17) is 0 Å². The summed E-state index contributed by atoms with van der Waals surface area (Å²) in [6, 6.07) is 8.02. The second kappa shape index (κ2) is 4.98. The van der Waals surface area contributed by atoms with Crippen molar-refractivity contribution in [1.82, 2.24) is 9.97 Å². The smallest absolute Gasteiger partial charge is 0.125 e. The van der Waals surface area contributed by atoms with Gasteiger partial charge in [-0.05, 0) is 40.2 Å². The molecule has 0 aliphatic carbocycles. The molecular weight excluding hydrogens is 254 g/mol. The number of hydrogen-bond acceptors (Lipinski definition) is 2. The van der Waals surface area contributed by atoms with E-state index in [1.807, 2.05) is 24.4 Å². The van der Waals surface area contributed by atoms with E-state index < -0.39 is 0 Å². The van der Waals surface area contributed by atoms with E-state index in [0.29, 0.717) is 0 Å². The van der Waals surface area contributed by atoms with Gasteiger partial charge in [0.25, 0.3) is 0 Å². The SMILES string of the molecule is Brc1ccc(NCCc2ccc[nH]2)nc1. The molecule has 0 aromatic carbocycles. The molecule has 0 fully saturated rings. The van der Waals surface area contributed by atoms with E-state index in [0.717, 1.165) is 23.3 Å². The minimum Gasteiger partial charge on any atom is -0.370 e. The Labute approximate surface area is 97.1 Å². The molecule has 4 heteroatoms. The fourth-order valence-corrected chi connectivity index (χ4v) is 1.56. The van der Waals surface area contributed by atoms with Crippen molar-refractivity contribution in [2.45, 2.75) is 6.42 Å². The highest BCUT2D eigenvalue weighted by Crippen LogP contribution is 2.10. The Morgan fingerprint density at radius 2 is 2.27 bits per heavy atom. The third kappa shape index (κ3) is 3.09. The van der Waals surface area contributed by atoms with Crippen LogP contribution < -0.4 is 5.32 Å². The highest BCUT2D eigenvalue weighted by Gasteiger charge is 1.95. The van der Waals surface area contributed by atoms with Gasteiger partial charge in [-0.15, -0.1) is 0 Å². The Bertz CT molecular complexity index is 394. The van der Waals surface area contributed by atoms with Crippen LogP contribution in [0.2, 0.25) is 0 Å². The van der Waals surface area contributed by atoms with Crippen molar-refractivity contribution in [3.63, 3.8) is 0 Å². The van der Waals surface area contributed by atoms with Crippen molar-refractivity contribution < 1.29 is 0 Å². The van der Waals surface area contributed by atoms with Gasteiger partial charge in [-0.25, -0.2) is 4.98 Å². The predicted octanol–water partition coefficient (Wildman–Crippen LogP) is 2.83. The minimum atomic E-state index is 0.884. The van der Waals surface area contributed by atoms with Crippen LogP contribution in [0, 0.1) is 0 Å². The third-order valence-electron chi connectivity index (χ3n) is 2.09. The number of pyridine rings is 1. The lowest BCUT2D eigenvalue weighted by atomic mass is 10.3. The fraction of sp³-hybridized carbons (Fsp3) is 0.182. The quantitative estimate of drug-likeness (QED) is 0.893. The van der Waals surface area contributed by atoms with Crippen LogP contribution in [0.1, 0.15) is 5.69 Å². The van der Waals surface area contributed by atoms with Gasteiger partial charge in [0, 0.05) is 35.5 Å². The number of hydrogen-bond donors (Lipinski definition) is 2. The number of nitrogens with zero attached hydrogens (tertiary/aromatic N) is 1. The van der Waals surface area contributed by atoms with E-state index in [1.54, 1.807) is 6.20 Å². The van der Waals surface area contributed by atoms with Crippen LogP contribution in [0.15, 0.2) is 41.1 Å². The highest BCUT2D eigenvalue weighted by atomic mass is 79.9. The Hall–Kier alpha value is -1.29. The molecule has 0 saturated heterocycles. The summed E-state index contributed by atoms with van der Waals surface area (Å²) in [5, 5.41) is 3.26. The summed E-state index contributed by atoms with van der Waals surface area (Å²) < 4.78 is 0.998. The van der Waals surface area contributed by atoms with Crippen LogP contribution in [-0.4, -0.2) is 16.5 Å². The van der Waals surface area contributed by atoms with Crippen LogP contribution in [0.4, 0.5) is 5.82 Å². The van der Waals surface area contributed by atoms with E-state index in [1.165, 1.54) is 5.69 Å². The zero-order chi connectivity index (χ0) is 10.5. The second-order valence-electron chi connectivity index (χ2n) is 3.23. The molecule has 0 amide bonds. The van der Waals surface area contributed by atoms with Crippen molar-refractivity contribution in [2.24, 2.45) is 0 Å². The van der Waals surface area contributed by atoms with Gasteiger partial charge >= 0.3 is 0 Å². The summed E-state index contributed by atoms with van der Waals surface area (Å²) in [7, 11) is 0. The molecule has 0 aliphatic rings. The molecule has 0 saturated carbocycles. The molecule has 15 heavy (non-hydrogen) atoms. The lowest BCUT2D eigenvalue weighted by molar-refractivity contribution is 0.968. The van der Waals surface area contributed by atoms with E-state index in [-0.39, 0.29) is 0 Å². The molecule has 0 unspecified atom stereocenters. The van der Waals surface area contributed by atoms with Gasteiger partial charge < -0.3 is 10.3 Å². The maximum Gasteiger partial charge on any atom is 0.125 e. The monoisotopic (exact) mass is 265 g/mol. The van der Waals surface area contributed by atoms with E-state index in [9.17, 15) is 0 Å². The topological polar surface area (TPSA) is 40.7 Å². The van der Waals surface area contributed by atoms with Crippen molar-refractivity contribution >= 4 is 21.7 Å². The first kappa shape index (κ1) is 10.2. The Kier molecular flexibility index (Phi) is 3.40. The van der Waals surface area contributed by atoms with Crippen molar-refractivity contribution in [3.05, 3.63) is 46.8 Å². The molecule has 0 atom stereocenters. The van der Waals surface area contributed by atoms with Crippen molar-refractivity contribution in [2.75, 3.05) is 11.9 Å². The maximum atomic E-state index is 4.23. The summed E-state index contributed by atoms with van der Waals surface area (Å²) in [4.78, 5) is 7.39. The second-order valence-corrected chi connectivity index (χ2v) is 4.15. The highest BCUT2D eigenvalue weighted by molar-refractivity contribution is 9.10. The molecule has 78 valence electrons. The van der Waals surface area contributed by atoms with Crippen LogP contribution >= 0.6 is 15.9 Å². The Morgan fingerprint density at radius 1 is 1.33 bits per heavy atom. The van der Waals surface area contributed by atoms with Crippen molar-refractivity contribution in [3.8, 4) is 0 Å². The Balaban J connectivity index is 1.81. The van der Waals surface area contributed by atoms with E-state index in [2.05, 4.69) is 37.3 Å². The first-order valence-electron chi connectivity index (χ1n) is 4.82. The number of H-pyrrole nitrogens is 1. The number of aromatic amines is 1. The number of rotatable bonds is 4. The number of nitrogens with one attached hydrogen (secondary N) is 2. The van der Waals surface area contributed by atoms with Crippen LogP contribution in [0.5, 0.6) is 0 Å². The van der Waals surface area contributed by atoms with Crippen LogP contribution in [0.25, 0.3) is 0 Å². The average Bonchev–Trinajstić information content (AvgIpc) is 2.74. The molecule has 2 heterocycles. The average molecular weight is 266 g/mol. The van der Waals surface area contributed by atoms with Gasteiger partial charge in [0.15, 0.2) is 0 Å². The standard InChI is InChI=1S/C11H12BrN3/c12-9-3-4-11(15-8-9)14-7-5-10-2-1-6-13-10/h1-4,6,8,13H,5,7H2,(H,14,15). The summed E-state index contributed by atoms with van der Waals surface area (Å²) in [6.45, 7) is 0.884. The normalized spacial score (nSPS) is 10.2. The van der Waals surface area contributed by atoms with Gasteiger partial charge in [0.1, 0.15) is 5.82 Å². The van der Waals surface area contributed by atoms with Gasteiger partial charge in [-0.3, -0.25) is 0 Å². The fourth-order valence-electron chi connectivity index (χ4n) is 1.33. The molecule has 0 spiro atoms. The summed E-state index contributed by atoms with van der Waals surface area (Å²) in [6.07, 6.45) is 4.70. The first-order chi connectivity index (χ1) is 7.34. The molecule has 2 aromatic heterocycles. The molecule has 3 nitrogen and oxygen atoms in total. The molecule has 2 rings (SSSR count). The maximum absolute atomic E-state index is 4.23. The van der Waals surface area contributed by atoms with Gasteiger partial charge in [0.2, 0.25) is 0 Å².